The Hall–Kier alpha value is -0.900. The molecule has 0 fully saturated rings. The van der Waals surface area contributed by atoms with E-state index in [4.69, 9.17) is 5.73 Å². The summed E-state index contributed by atoms with van der Waals surface area (Å²) in [4.78, 5) is 2.27. The van der Waals surface area contributed by atoms with E-state index in [9.17, 15) is 5.11 Å². The second-order valence-electron chi connectivity index (χ2n) is 4.93. The second-order valence-corrected chi connectivity index (χ2v) is 4.93. The van der Waals surface area contributed by atoms with E-state index in [1.54, 1.807) is 6.92 Å². The molecule has 1 aromatic rings. The number of aliphatic hydroxyl groups is 1. The molecule has 0 aliphatic carbocycles. The summed E-state index contributed by atoms with van der Waals surface area (Å²) >= 11 is 0. The van der Waals surface area contributed by atoms with Gasteiger partial charge in [-0.1, -0.05) is 24.3 Å². The minimum Gasteiger partial charge on any atom is -0.388 e. The number of benzene rings is 1. The van der Waals surface area contributed by atoms with Gasteiger partial charge in [0.25, 0.3) is 0 Å². The maximum atomic E-state index is 9.96. The van der Waals surface area contributed by atoms with Gasteiger partial charge in [0.15, 0.2) is 0 Å². The van der Waals surface area contributed by atoms with Gasteiger partial charge in [-0.05, 0) is 24.5 Å². The van der Waals surface area contributed by atoms with Crippen molar-refractivity contribution in [3.05, 3.63) is 35.4 Å². The van der Waals surface area contributed by atoms with E-state index in [0.29, 0.717) is 13.1 Å². The first-order valence-corrected chi connectivity index (χ1v) is 5.82. The summed E-state index contributed by atoms with van der Waals surface area (Å²) in [5.74, 6) is 0. The lowest BCUT2D eigenvalue weighted by Gasteiger charge is -2.34. The Bertz CT molecular complexity index is 363. The van der Waals surface area contributed by atoms with Crippen molar-refractivity contribution >= 4 is 0 Å². The van der Waals surface area contributed by atoms with Crippen molar-refractivity contribution in [2.24, 2.45) is 5.73 Å². The van der Waals surface area contributed by atoms with E-state index >= 15 is 0 Å². The fraction of sp³-hybridized carbons (Fsp3) is 0.538. The smallest absolute Gasteiger partial charge is 0.0867 e. The van der Waals surface area contributed by atoms with Crippen LogP contribution in [0.5, 0.6) is 0 Å². The molecule has 0 aromatic heterocycles. The van der Waals surface area contributed by atoms with Crippen molar-refractivity contribution in [3.8, 4) is 0 Å². The molecule has 3 nitrogen and oxygen atoms in total. The van der Waals surface area contributed by atoms with Gasteiger partial charge < -0.3 is 10.8 Å². The summed E-state index contributed by atoms with van der Waals surface area (Å²) in [6.07, 6.45) is 1.07. The largest absolute Gasteiger partial charge is 0.388 e. The van der Waals surface area contributed by atoms with Crippen molar-refractivity contribution in [3.63, 3.8) is 0 Å². The Morgan fingerprint density at radius 1 is 1.38 bits per heavy atom. The van der Waals surface area contributed by atoms with Crippen molar-refractivity contribution in [2.75, 3.05) is 19.6 Å². The van der Waals surface area contributed by atoms with Gasteiger partial charge >= 0.3 is 0 Å². The number of hydrogen-bond donors (Lipinski definition) is 2. The van der Waals surface area contributed by atoms with Crippen LogP contribution >= 0.6 is 0 Å². The fourth-order valence-electron chi connectivity index (χ4n) is 2.24. The van der Waals surface area contributed by atoms with Crippen LogP contribution in [-0.4, -0.2) is 35.2 Å². The molecule has 1 aliphatic heterocycles. The van der Waals surface area contributed by atoms with Crippen LogP contribution in [0.4, 0.5) is 0 Å². The summed E-state index contributed by atoms with van der Waals surface area (Å²) in [6, 6.07) is 8.51. The highest BCUT2D eigenvalue weighted by Crippen LogP contribution is 2.19. The summed E-state index contributed by atoms with van der Waals surface area (Å²) < 4.78 is 0. The maximum absolute atomic E-state index is 9.96. The molecule has 0 spiro atoms. The summed E-state index contributed by atoms with van der Waals surface area (Å²) in [5.41, 5.74) is 7.58. The van der Waals surface area contributed by atoms with Crippen LogP contribution in [0.15, 0.2) is 24.3 Å². The molecule has 3 N–H and O–H groups in total. The highest BCUT2D eigenvalue weighted by molar-refractivity contribution is 5.29. The molecule has 0 bridgehead atoms. The molecule has 88 valence electrons. The van der Waals surface area contributed by atoms with Gasteiger partial charge in [0.05, 0.1) is 5.60 Å². The van der Waals surface area contributed by atoms with Crippen LogP contribution in [-0.2, 0) is 13.0 Å². The molecule has 0 amide bonds. The van der Waals surface area contributed by atoms with E-state index < -0.39 is 5.60 Å². The quantitative estimate of drug-likeness (QED) is 0.790. The SMILES string of the molecule is C[C@](O)(CN)CN1CCc2ccccc2C1. The molecule has 0 saturated heterocycles. The Morgan fingerprint density at radius 3 is 2.75 bits per heavy atom. The first-order chi connectivity index (χ1) is 7.61. The van der Waals surface area contributed by atoms with Gasteiger partial charge in [-0.3, -0.25) is 4.90 Å². The number of β-amino-alcohol motifs (C(OH)–C–C–N with tert-alkyl or cyclic N) is 1. The molecule has 1 heterocycles. The number of nitrogens with zero attached hydrogens (tertiary/aromatic N) is 1. The highest BCUT2D eigenvalue weighted by Gasteiger charge is 2.24. The maximum Gasteiger partial charge on any atom is 0.0867 e. The molecule has 2 rings (SSSR count). The molecule has 0 unspecified atom stereocenters. The minimum absolute atomic E-state index is 0.311. The van der Waals surface area contributed by atoms with Crippen LogP contribution < -0.4 is 5.73 Å². The third kappa shape index (κ3) is 2.61. The molecular formula is C13H20N2O. The van der Waals surface area contributed by atoms with Crippen LogP contribution in [0, 0.1) is 0 Å². The van der Waals surface area contributed by atoms with Gasteiger partial charge in [0.1, 0.15) is 0 Å². The van der Waals surface area contributed by atoms with Gasteiger partial charge in [-0.2, -0.15) is 0 Å². The first kappa shape index (κ1) is 11.6. The van der Waals surface area contributed by atoms with Crippen molar-refractivity contribution in [1.82, 2.24) is 4.90 Å². The van der Waals surface area contributed by atoms with Crippen LogP contribution in [0.3, 0.4) is 0 Å². The highest BCUT2D eigenvalue weighted by atomic mass is 16.3. The predicted molar refractivity (Wildman–Crippen MR) is 65.1 cm³/mol. The molecule has 1 atom stereocenters. The molecule has 3 heteroatoms. The summed E-state index contributed by atoms with van der Waals surface area (Å²) in [7, 11) is 0. The lowest BCUT2D eigenvalue weighted by Crippen LogP contribution is -2.47. The molecular weight excluding hydrogens is 200 g/mol. The van der Waals surface area contributed by atoms with Gasteiger partial charge in [0.2, 0.25) is 0 Å². The fourth-order valence-corrected chi connectivity index (χ4v) is 2.24. The van der Waals surface area contributed by atoms with Crippen molar-refractivity contribution in [2.45, 2.75) is 25.5 Å². The van der Waals surface area contributed by atoms with E-state index in [-0.39, 0.29) is 0 Å². The number of rotatable bonds is 3. The average molecular weight is 220 g/mol. The molecule has 1 aliphatic rings. The zero-order valence-corrected chi connectivity index (χ0v) is 9.82. The molecule has 16 heavy (non-hydrogen) atoms. The molecule has 0 saturated carbocycles. The van der Waals surface area contributed by atoms with Crippen LogP contribution in [0.2, 0.25) is 0 Å². The molecule has 1 aromatic carbocycles. The number of hydrogen-bond acceptors (Lipinski definition) is 3. The van der Waals surface area contributed by atoms with Gasteiger partial charge in [-0.25, -0.2) is 0 Å². The minimum atomic E-state index is -0.772. The zero-order chi connectivity index (χ0) is 11.6. The third-order valence-electron chi connectivity index (χ3n) is 3.21. The second kappa shape index (κ2) is 4.53. The Kier molecular flexibility index (Phi) is 3.28. The first-order valence-electron chi connectivity index (χ1n) is 5.82. The van der Waals surface area contributed by atoms with Crippen LogP contribution in [0.1, 0.15) is 18.1 Å². The normalized spacial score (nSPS) is 20.2. The monoisotopic (exact) mass is 220 g/mol. The number of nitrogens with two attached hydrogens (primary N) is 1. The Morgan fingerprint density at radius 2 is 2.06 bits per heavy atom. The summed E-state index contributed by atoms with van der Waals surface area (Å²) in [6.45, 7) is 4.69. The van der Waals surface area contributed by atoms with Crippen LogP contribution in [0.25, 0.3) is 0 Å². The van der Waals surface area contributed by atoms with E-state index in [2.05, 4.69) is 29.2 Å². The van der Waals surface area contributed by atoms with Crippen molar-refractivity contribution in [1.29, 1.82) is 0 Å². The Balaban J connectivity index is 2.03. The average Bonchev–Trinajstić information content (AvgIpc) is 2.28. The number of fused-ring (bicyclic) bond motifs is 1. The van der Waals surface area contributed by atoms with E-state index in [1.165, 1.54) is 11.1 Å². The third-order valence-corrected chi connectivity index (χ3v) is 3.21. The van der Waals surface area contributed by atoms with E-state index in [1.807, 2.05) is 0 Å². The standard InChI is InChI=1S/C13H20N2O/c1-13(16,9-14)10-15-7-6-11-4-2-3-5-12(11)8-15/h2-5,16H,6-10,14H2,1H3/t13-/m0/s1. The summed E-state index contributed by atoms with van der Waals surface area (Å²) in [5, 5.41) is 9.96. The topological polar surface area (TPSA) is 49.5 Å². The van der Waals surface area contributed by atoms with Crippen molar-refractivity contribution < 1.29 is 5.11 Å². The lowest BCUT2D eigenvalue weighted by atomic mass is 9.98. The zero-order valence-electron chi connectivity index (χ0n) is 9.82. The Labute approximate surface area is 96.9 Å². The van der Waals surface area contributed by atoms with Gasteiger partial charge in [0, 0.05) is 26.2 Å². The van der Waals surface area contributed by atoms with E-state index in [0.717, 1.165) is 19.5 Å². The lowest BCUT2D eigenvalue weighted by molar-refractivity contribution is 0.0231. The van der Waals surface area contributed by atoms with Gasteiger partial charge in [-0.15, -0.1) is 0 Å². The molecule has 0 radical (unpaired) electrons. The predicted octanol–water partition coefficient (Wildman–Crippen LogP) is 0.754.